The summed E-state index contributed by atoms with van der Waals surface area (Å²) in [5, 5.41) is 0. The summed E-state index contributed by atoms with van der Waals surface area (Å²) in [4.78, 5) is 20.5. The molecule has 4 rings (SSSR count). The Balaban J connectivity index is 0.00000240. The number of allylic oxidation sites excluding steroid dienone is 2. The van der Waals surface area contributed by atoms with Crippen LogP contribution in [0.5, 0.6) is 0 Å². The molecule has 0 saturated heterocycles. The lowest BCUT2D eigenvalue weighted by Gasteiger charge is -2.08. The predicted molar refractivity (Wildman–Crippen MR) is 124 cm³/mol. The average Bonchev–Trinajstić information content (AvgIpc) is 3.23. The summed E-state index contributed by atoms with van der Waals surface area (Å²) in [5.74, 6) is 0.0490. The molecule has 1 aliphatic heterocycles. The van der Waals surface area contributed by atoms with Crippen LogP contribution in [0.25, 0.3) is 22.8 Å². The highest BCUT2D eigenvalue weighted by molar-refractivity contribution is 6.19. The molecular formula is C25H23ClN2O. The second-order valence-electron chi connectivity index (χ2n) is 7.02. The first kappa shape index (κ1) is 20.6. The van der Waals surface area contributed by atoms with E-state index in [-0.39, 0.29) is 18.2 Å². The van der Waals surface area contributed by atoms with E-state index < -0.39 is 0 Å². The number of aromatic amines is 1. The molecule has 0 radical (unpaired) electrons. The molecule has 2 aromatic carbocycles. The van der Waals surface area contributed by atoms with E-state index in [1.807, 2.05) is 68.6 Å². The van der Waals surface area contributed by atoms with Crippen LogP contribution >= 0.6 is 12.4 Å². The van der Waals surface area contributed by atoms with Gasteiger partial charge in [0.2, 0.25) is 0 Å². The van der Waals surface area contributed by atoms with Crippen LogP contribution in [0.2, 0.25) is 0 Å². The second-order valence-corrected chi connectivity index (χ2v) is 7.02. The maximum absolute atomic E-state index is 12.6. The first-order valence-electron chi connectivity index (χ1n) is 9.37. The maximum Gasteiger partial charge on any atom is 0.162 e. The van der Waals surface area contributed by atoms with Crippen molar-refractivity contribution in [3.63, 3.8) is 0 Å². The van der Waals surface area contributed by atoms with Crippen molar-refractivity contribution < 1.29 is 4.79 Å². The van der Waals surface area contributed by atoms with E-state index >= 15 is 0 Å². The molecule has 3 nitrogen and oxygen atoms in total. The minimum absolute atomic E-state index is 0. The molecule has 3 aromatic rings. The number of carbonyl (C=O) groups is 1. The maximum atomic E-state index is 12.6. The van der Waals surface area contributed by atoms with Gasteiger partial charge in [-0.15, -0.1) is 12.4 Å². The van der Waals surface area contributed by atoms with Gasteiger partial charge in [0.25, 0.3) is 0 Å². The third-order valence-electron chi connectivity index (χ3n) is 5.07. The van der Waals surface area contributed by atoms with Gasteiger partial charge in [0, 0.05) is 34.3 Å². The number of aliphatic imine (C=N–C) groups is 1. The minimum Gasteiger partial charge on any atom is -0.358 e. The smallest absolute Gasteiger partial charge is 0.162 e. The van der Waals surface area contributed by atoms with Crippen molar-refractivity contribution in [2.45, 2.75) is 20.8 Å². The topological polar surface area (TPSA) is 45.2 Å². The van der Waals surface area contributed by atoms with Gasteiger partial charge in [0.05, 0.1) is 11.3 Å². The fraction of sp³-hybridized carbons (Fsp3) is 0.120. The van der Waals surface area contributed by atoms with E-state index in [0.29, 0.717) is 0 Å². The van der Waals surface area contributed by atoms with Gasteiger partial charge in [0.1, 0.15) is 0 Å². The van der Waals surface area contributed by atoms with Gasteiger partial charge < -0.3 is 4.98 Å². The van der Waals surface area contributed by atoms with Crippen LogP contribution in [0, 0.1) is 6.92 Å². The van der Waals surface area contributed by atoms with Crippen LogP contribution in [0.3, 0.4) is 0 Å². The van der Waals surface area contributed by atoms with Crippen LogP contribution < -0.4 is 0 Å². The zero-order chi connectivity index (χ0) is 19.7. The summed E-state index contributed by atoms with van der Waals surface area (Å²) in [6.07, 6.45) is 3.96. The van der Waals surface area contributed by atoms with E-state index in [4.69, 9.17) is 0 Å². The molecule has 0 bridgehead atoms. The largest absolute Gasteiger partial charge is 0.358 e. The van der Waals surface area contributed by atoms with Gasteiger partial charge >= 0.3 is 0 Å². The highest BCUT2D eigenvalue weighted by Gasteiger charge is 2.22. The van der Waals surface area contributed by atoms with Gasteiger partial charge in [-0.2, -0.15) is 0 Å². The van der Waals surface area contributed by atoms with Crippen LogP contribution in [0.4, 0.5) is 0 Å². The Morgan fingerprint density at radius 3 is 2.10 bits per heavy atom. The normalized spacial score (nSPS) is 14.4. The molecule has 1 aliphatic rings. The number of nitrogens with one attached hydrogen (secondary N) is 1. The molecule has 0 fully saturated rings. The van der Waals surface area contributed by atoms with Gasteiger partial charge in [-0.05, 0) is 38.0 Å². The highest BCUT2D eigenvalue weighted by atomic mass is 35.5. The summed E-state index contributed by atoms with van der Waals surface area (Å²) < 4.78 is 0. The van der Waals surface area contributed by atoms with E-state index in [2.05, 4.69) is 28.2 Å². The van der Waals surface area contributed by atoms with Crippen molar-refractivity contribution in [2.24, 2.45) is 4.99 Å². The standard InChI is InChI=1S/C25H22N2O.ClH/c1-16-21(22(15-26-16)19-10-6-4-7-11-19)14-23-25(18(3)28)24(17(2)27-23)20-12-8-5-9-13-20;/h4-15,27H,1-3H3;1H/b21-14+;. The Morgan fingerprint density at radius 1 is 0.931 bits per heavy atom. The first-order chi connectivity index (χ1) is 13.6. The zero-order valence-electron chi connectivity index (χ0n) is 16.7. The van der Waals surface area contributed by atoms with Crippen LogP contribution in [-0.4, -0.2) is 16.5 Å². The summed E-state index contributed by atoms with van der Waals surface area (Å²) in [6.45, 7) is 5.64. The SMILES string of the molecule is CC(=O)c1c(/C=C2/C(c3ccccc3)=CN=C2C)[nH]c(C)c1-c1ccccc1.Cl. The lowest BCUT2D eigenvalue weighted by Crippen LogP contribution is -1.99. The quantitative estimate of drug-likeness (QED) is 0.496. The summed E-state index contributed by atoms with van der Waals surface area (Å²) in [5.41, 5.74) is 8.73. The number of benzene rings is 2. The number of carbonyl (C=O) groups excluding carboxylic acids is 1. The molecule has 0 spiro atoms. The van der Waals surface area contributed by atoms with Crippen molar-refractivity contribution in [3.05, 3.63) is 95.0 Å². The van der Waals surface area contributed by atoms with Gasteiger partial charge in [-0.1, -0.05) is 60.7 Å². The fourth-order valence-corrected chi connectivity index (χ4v) is 3.76. The lowest BCUT2D eigenvalue weighted by molar-refractivity contribution is 0.101. The molecule has 0 unspecified atom stereocenters. The third kappa shape index (κ3) is 3.87. The predicted octanol–water partition coefficient (Wildman–Crippen LogP) is 6.51. The highest BCUT2D eigenvalue weighted by Crippen LogP contribution is 2.35. The number of H-pyrrole nitrogens is 1. The van der Waals surface area contributed by atoms with Crippen molar-refractivity contribution >= 4 is 35.6 Å². The van der Waals surface area contributed by atoms with E-state index in [0.717, 1.165) is 50.5 Å². The summed E-state index contributed by atoms with van der Waals surface area (Å²) >= 11 is 0. The Morgan fingerprint density at radius 2 is 1.52 bits per heavy atom. The molecule has 0 saturated carbocycles. The zero-order valence-corrected chi connectivity index (χ0v) is 17.5. The van der Waals surface area contributed by atoms with Crippen molar-refractivity contribution in [2.75, 3.05) is 0 Å². The molecule has 0 amide bonds. The Kier molecular flexibility index (Phi) is 6.00. The number of nitrogens with zero attached hydrogens (tertiary/aromatic N) is 1. The van der Waals surface area contributed by atoms with Gasteiger partial charge in [-0.25, -0.2) is 0 Å². The molecule has 29 heavy (non-hydrogen) atoms. The van der Waals surface area contributed by atoms with Crippen molar-refractivity contribution in [3.8, 4) is 11.1 Å². The number of ketones is 1. The van der Waals surface area contributed by atoms with E-state index in [1.165, 1.54) is 0 Å². The minimum atomic E-state index is 0. The Hall–Kier alpha value is -3.17. The van der Waals surface area contributed by atoms with Crippen LogP contribution in [0.15, 0.2) is 77.4 Å². The third-order valence-corrected chi connectivity index (χ3v) is 5.07. The number of aromatic nitrogens is 1. The Labute approximate surface area is 177 Å². The fourth-order valence-electron chi connectivity index (χ4n) is 3.76. The molecule has 4 heteroatoms. The molecular weight excluding hydrogens is 380 g/mol. The molecule has 146 valence electrons. The number of Topliss-reactive ketones (excluding diaryl/α,β-unsaturated/α-hetero) is 1. The lowest BCUT2D eigenvalue weighted by atomic mass is 9.94. The molecule has 0 aliphatic carbocycles. The molecule has 1 N–H and O–H groups in total. The molecule has 2 heterocycles. The van der Waals surface area contributed by atoms with E-state index in [1.54, 1.807) is 6.92 Å². The monoisotopic (exact) mass is 402 g/mol. The van der Waals surface area contributed by atoms with Crippen LogP contribution in [0.1, 0.15) is 41.2 Å². The number of hydrogen-bond acceptors (Lipinski definition) is 2. The summed E-state index contributed by atoms with van der Waals surface area (Å²) in [7, 11) is 0. The number of halogens is 1. The van der Waals surface area contributed by atoms with Gasteiger partial charge in [-0.3, -0.25) is 9.79 Å². The first-order valence-corrected chi connectivity index (χ1v) is 9.37. The molecule has 0 atom stereocenters. The van der Waals surface area contributed by atoms with Gasteiger partial charge in [0.15, 0.2) is 5.78 Å². The van der Waals surface area contributed by atoms with Crippen molar-refractivity contribution in [1.82, 2.24) is 4.98 Å². The number of rotatable bonds is 4. The van der Waals surface area contributed by atoms with Crippen LogP contribution in [-0.2, 0) is 0 Å². The number of hydrogen-bond donors (Lipinski definition) is 1. The summed E-state index contributed by atoms with van der Waals surface area (Å²) in [6, 6.07) is 20.3. The van der Waals surface area contributed by atoms with Crippen molar-refractivity contribution in [1.29, 1.82) is 0 Å². The second kappa shape index (κ2) is 8.46. The van der Waals surface area contributed by atoms with E-state index in [9.17, 15) is 4.79 Å². The average molecular weight is 403 g/mol. The number of aryl methyl sites for hydroxylation is 1. The Bertz CT molecular complexity index is 1140. The molecule has 1 aromatic heterocycles.